The largest absolute Gasteiger partial charge is 0.494 e. The van der Waals surface area contributed by atoms with Crippen LogP contribution in [-0.2, 0) is 6.61 Å². The summed E-state index contributed by atoms with van der Waals surface area (Å²) in [5.74, 6) is 0.460. The number of ether oxygens (including phenoxy) is 2. The fourth-order valence-corrected chi connectivity index (χ4v) is 1.91. The number of hydrogen-bond acceptors (Lipinski definition) is 4. The molecule has 0 saturated heterocycles. The number of benzene rings is 1. The molecule has 0 aliphatic rings. The third-order valence-electron chi connectivity index (χ3n) is 2.81. The molecule has 0 spiro atoms. The number of hydrogen-bond donors (Lipinski definition) is 1. The van der Waals surface area contributed by atoms with Gasteiger partial charge >= 0.3 is 0 Å². The van der Waals surface area contributed by atoms with Crippen LogP contribution in [-0.4, -0.2) is 23.8 Å². The molecule has 1 N–H and O–H groups in total. The fraction of sp³-hybridized carbons (Fsp3) is 0.267. The van der Waals surface area contributed by atoms with Gasteiger partial charge in [0.25, 0.3) is 0 Å². The van der Waals surface area contributed by atoms with E-state index in [1.54, 1.807) is 18.2 Å². The summed E-state index contributed by atoms with van der Waals surface area (Å²) in [6, 6.07) is 6.67. The summed E-state index contributed by atoms with van der Waals surface area (Å²) in [5.41, 5.74) is 1.62. The molecular formula is C15H16FNO3. The van der Waals surface area contributed by atoms with Crippen molar-refractivity contribution in [2.24, 2.45) is 0 Å². The Balaban J connectivity index is 2.53. The van der Waals surface area contributed by atoms with Crippen molar-refractivity contribution in [2.45, 2.75) is 13.5 Å². The number of pyridine rings is 1. The van der Waals surface area contributed by atoms with Crippen molar-refractivity contribution in [3.05, 3.63) is 41.8 Å². The van der Waals surface area contributed by atoms with E-state index in [2.05, 4.69) is 4.98 Å². The predicted molar refractivity (Wildman–Crippen MR) is 73.3 cm³/mol. The summed E-state index contributed by atoms with van der Waals surface area (Å²) >= 11 is 0. The van der Waals surface area contributed by atoms with Crippen molar-refractivity contribution in [2.75, 3.05) is 13.7 Å². The van der Waals surface area contributed by atoms with Gasteiger partial charge in [0.1, 0.15) is 11.6 Å². The molecule has 1 heterocycles. The van der Waals surface area contributed by atoms with Gasteiger partial charge in [0.2, 0.25) is 5.88 Å². The first-order valence-corrected chi connectivity index (χ1v) is 6.25. The molecule has 2 aromatic rings. The molecule has 0 fully saturated rings. The van der Waals surface area contributed by atoms with Crippen LogP contribution < -0.4 is 9.47 Å². The molecule has 0 amide bonds. The third-order valence-corrected chi connectivity index (χ3v) is 2.81. The van der Waals surface area contributed by atoms with Crippen molar-refractivity contribution in [1.82, 2.24) is 4.98 Å². The van der Waals surface area contributed by atoms with Crippen molar-refractivity contribution < 1.29 is 19.0 Å². The second-order valence-corrected chi connectivity index (χ2v) is 4.16. The quantitative estimate of drug-likeness (QED) is 0.913. The van der Waals surface area contributed by atoms with Gasteiger partial charge in [-0.1, -0.05) is 0 Å². The summed E-state index contributed by atoms with van der Waals surface area (Å²) in [6.45, 7) is 2.22. The van der Waals surface area contributed by atoms with E-state index in [4.69, 9.17) is 9.47 Å². The Kier molecular flexibility index (Phi) is 4.53. The molecule has 0 bridgehead atoms. The standard InChI is InChI=1S/C15H16FNO3/c1-3-20-12-5-10(9-18)4-11(6-12)13-7-15(19-2)17-8-14(13)16/h4-8,18H,3,9H2,1-2H3. The minimum atomic E-state index is -0.455. The minimum Gasteiger partial charge on any atom is -0.494 e. The highest BCUT2D eigenvalue weighted by Crippen LogP contribution is 2.30. The molecule has 0 aliphatic carbocycles. The molecule has 2 rings (SSSR count). The number of aliphatic hydroxyl groups is 1. The molecule has 4 nitrogen and oxygen atoms in total. The molecule has 0 radical (unpaired) electrons. The van der Waals surface area contributed by atoms with Gasteiger partial charge in [0.05, 0.1) is 26.5 Å². The van der Waals surface area contributed by atoms with Gasteiger partial charge in [0.15, 0.2) is 0 Å². The lowest BCUT2D eigenvalue weighted by Crippen LogP contribution is -1.96. The first-order valence-electron chi connectivity index (χ1n) is 6.25. The van der Waals surface area contributed by atoms with E-state index in [9.17, 15) is 9.50 Å². The monoisotopic (exact) mass is 277 g/mol. The normalized spacial score (nSPS) is 10.4. The zero-order valence-corrected chi connectivity index (χ0v) is 11.4. The highest BCUT2D eigenvalue weighted by molar-refractivity contribution is 5.67. The lowest BCUT2D eigenvalue weighted by atomic mass is 10.0. The minimum absolute atomic E-state index is 0.141. The second kappa shape index (κ2) is 6.34. The van der Waals surface area contributed by atoms with Crippen LogP contribution in [0.2, 0.25) is 0 Å². The lowest BCUT2D eigenvalue weighted by Gasteiger charge is -2.10. The van der Waals surface area contributed by atoms with Gasteiger partial charge in [-0.05, 0) is 36.2 Å². The van der Waals surface area contributed by atoms with Crippen molar-refractivity contribution in [3.8, 4) is 22.8 Å². The average Bonchev–Trinajstić information content (AvgIpc) is 2.47. The summed E-state index contributed by atoms with van der Waals surface area (Å²) in [4.78, 5) is 3.81. The van der Waals surface area contributed by atoms with Crippen LogP contribution >= 0.6 is 0 Å². The molecule has 1 aromatic carbocycles. The number of halogens is 1. The van der Waals surface area contributed by atoms with E-state index in [0.717, 1.165) is 6.20 Å². The molecule has 5 heteroatoms. The molecule has 1 aromatic heterocycles. The highest BCUT2D eigenvalue weighted by atomic mass is 19.1. The summed E-state index contributed by atoms with van der Waals surface area (Å²) in [7, 11) is 1.47. The van der Waals surface area contributed by atoms with E-state index in [1.165, 1.54) is 13.2 Å². The SMILES string of the molecule is CCOc1cc(CO)cc(-c2cc(OC)ncc2F)c1. The van der Waals surface area contributed by atoms with E-state index < -0.39 is 5.82 Å². The maximum Gasteiger partial charge on any atom is 0.213 e. The molecule has 0 aliphatic heterocycles. The van der Waals surface area contributed by atoms with Gasteiger partial charge in [-0.2, -0.15) is 0 Å². The van der Waals surface area contributed by atoms with Gasteiger partial charge in [-0.25, -0.2) is 9.37 Å². The molecule has 0 saturated carbocycles. The number of rotatable bonds is 5. The fourth-order valence-electron chi connectivity index (χ4n) is 1.91. The molecule has 106 valence electrons. The second-order valence-electron chi connectivity index (χ2n) is 4.16. The van der Waals surface area contributed by atoms with Gasteiger partial charge < -0.3 is 14.6 Å². The van der Waals surface area contributed by atoms with Crippen LogP contribution in [0, 0.1) is 5.82 Å². The van der Waals surface area contributed by atoms with Crippen molar-refractivity contribution in [1.29, 1.82) is 0 Å². The van der Waals surface area contributed by atoms with E-state index in [1.807, 2.05) is 6.92 Å². The topological polar surface area (TPSA) is 51.6 Å². The van der Waals surface area contributed by atoms with Gasteiger partial charge in [0, 0.05) is 11.6 Å². The summed E-state index contributed by atoms with van der Waals surface area (Å²) in [6.07, 6.45) is 1.11. The maximum atomic E-state index is 13.9. The maximum absolute atomic E-state index is 13.9. The Bertz CT molecular complexity index is 602. The number of nitrogens with zero attached hydrogens (tertiary/aromatic N) is 1. The Morgan fingerprint density at radius 2 is 2.05 bits per heavy atom. The van der Waals surface area contributed by atoms with E-state index >= 15 is 0 Å². The zero-order chi connectivity index (χ0) is 14.5. The van der Waals surface area contributed by atoms with E-state index in [0.29, 0.717) is 34.9 Å². The number of aliphatic hydroxyl groups excluding tert-OH is 1. The van der Waals surface area contributed by atoms with Gasteiger partial charge in [-0.15, -0.1) is 0 Å². The Labute approximate surface area is 116 Å². The molecule has 0 atom stereocenters. The third kappa shape index (κ3) is 3.05. The molecule has 0 unspecified atom stereocenters. The Hall–Kier alpha value is -2.14. The van der Waals surface area contributed by atoms with Crippen LogP contribution in [0.4, 0.5) is 4.39 Å². The van der Waals surface area contributed by atoms with Crippen LogP contribution in [0.5, 0.6) is 11.6 Å². The highest BCUT2D eigenvalue weighted by Gasteiger charge is 2.10. The van der Waals surface area contributed by atoms with Crippen molar-refractivity contribution in [3.63, 3.8) is 0 Å². The Morgan fingerprint density at radius 3 is 2.70 bits per heavy atom. The smallest absolute Gasteiger partial charge is 0.213 e. The van der Waals surface area contributed by atoms with Crippen LogP contribution in [0.1, 0.15) is 12.5 Å². The number of methoxy groups -OCH3 is 1. The predicted octanol–water partition coefficient (Wildman–Crippen LogP) is 2.79. The van der Waals surface area contributed by atoms with Crippen LogP contribution in [0.15, 0.2) is 30.5 Å². The first-order chi connectivity index (χ1) is 9.67. The summed E-state index contributed by atoms with van der Waals surface area (Å²) in [5, 5.41) is 9.29. The Morgan fingerprint density at radius 1 is 1.25 bits per heavy atom. The van der Waals surface area contributed by atoms with Crippen molar-refractivity contribution >= 4 is 0 Å². The molecular weight excluding hydrogens is 261 g/mol. The lowest BCUT2D eigenvalue weighted by molar-refractivity contribution is 0.280. The van der Waals surface area contributed by atoms with E-state index in [-0.39, 0.29) is 6.61 Å². The molecule has 20 heavy (non-hydrogen) atoms. The zero-order valence-electron chi connectivity index (χ0n) is 11.4. The average molecular weight is 277 g/mol. The number of aromatic nitrogens is 1. The van der Waals surface area contributed by atoms with Gasteiger partial charge in [-0.3, -0.25) is 0 Å². The first kappa shape index (κ1) is 14.3. The summed E-state index contributed by atoms with van der Waals surface area (Å²) < 4.78 is 24.4. The van der Waals surface area contributed by atoms with Crippen LogP contribution in [0.25, 0.3) is 11.1 Å². The van der Waals surface area contributed by atoms with Crippen LogP contribution in [0.3, 0.4) is 0 Å².